The van der Waals surface area contributed by atoms with Gasteiger partial charge in [0.25, 0.3) is 0 Å². The minimum atomic E-state index is -4.36. The summed E-state index contributed by atoms with van der Waals surface area (Å²) in [7, 11) is 1.51. The van der Waals surface area contributed by atoms with Crippen molar-refractivity contribution in [3.8, 4) is 0 Å². The van der Waals surface area contributed by atoms with Gasteiger partial charge in [-0.3, -0.25) is 13.8 Å². The third kappa shape index (κ3) is 37.1. The number of nitrogens with zero attached hydrogens (tertiary/aromatic N) is 1. The Balaban J connectivity index is 4.59. The van der Waals surface area contributed by atoms with Crippen molar-refractivity contribution in [3.05, 3.63) is 60.8 Å². The third-order valence-corrected chi connectivity index (χ3v) is 10.1. The van der Waals surface area contributed by atoms with Gasteiger partial charge in [-0.1, -0.05) is 145 Å². The van der Waals surface area contributed by atoms with Crippen molar-refractivity contribution >= 4 is 13.7 Å². The largest absolute Gasteiger partial charge is 0.472 e. The smallest absolute Gasteiger partial charge is 0.393 e. The van der Waals surface area contributed by atoms with Crippen molar-refractivity contribution in [1.82, 2.24) is 5.32 Å². The van der Waals surface area contributed by atoms with Crippen molar-refractivity contribution in [2.45, 2.75) is 173 Å². The van der Waals surface area contributed by atoms with Crippen LogP contribution in [0.25, 0.3) is 0 Å². The average Bonchev–Trinajstić information content (AvgIpc) is 3.12. The highest BCUT2D eigenvalue weighted by Gasteiger charge is 2.27. The number of quaternary nitrogens is 1. The van der Waals surface area contributed by atoms with Crippen LogP contribution in [0, 0.1) is 0 Å². The van der Waals surface area contributed by atoms with E-state index in [0.29, 0.717) is 17.4 Å². The molecule has 0 spiro atoms. The summed E-state index contributed by atoms with van der Waals surface area (Å²) in [6.45, 7) is 4.46. The second-order valence-electron chi connectivity index (χ2n) is 15.5. The molecule has 1 unspecified atom stereocenters. The Bertz CT molecular complexity index is 1080. The van der Waals surface area contributed by atoms with Gasteiger partial charge in [0.15, 0.2) is 0 Å². The first kappa shape index (κ1) is 52.2. The highest BCUT2D eigenvalue weighted by Crippen LogP contribution is 2.43. The molecule has 0 bridgehead atoms. The number of phosphoric acid groups is 1. The number of likely N-dealkylation sites (N-methyl/N-ethyl adjacent to an activating group) is 1. The van der Waals surface area contributed by atoms with E-state index in [9.17, 15) is 24.5 Å². The molecule has 10 heteroatoms. The summed E-state index contributed by atoms with van der Waals surface area (Å²) in [5, 5.41) is 23.3. The zero-order valence-corrected chi connectivity index (χ0v) is 35.9. The number of amides is 1. The van der Waals surface area contributed by atoms with Crippen molar-refractivity contribution in [2.75, 3.05) is 40.9 Å². The SMILES string of the molecule is CCCCCCCCCCCCCC/C=C/[C@@H](O)[C@H](COP(=O)(O)OCC[N+](C)(C)C)NC(=O)CCC/C=C\C/C=C\C/C=C\C/C=C\CC[C@H](O)CC. The van der Waals surface area contributed by atoms with E-state index in [1.54, 1.807) is 6.08 Å². The van der Waals surface area contributed by atoms with E-state index >= 15 is 0 Å². The summed E-state index contributed by atoms with van der Waals surface area (Å²) in [4.78, 5) is 23.0. The molecule has 0 saturated carbocycles. The standard InChI is InChI=1S/C44H81N2O7P/c1-6-8-9-10-11-12-13-14-18-21-24-27-30-33-36-43(48)42(40-53-54(50,51)52-39-38-46(3,4)5)45-44(49)37-34-31-28-25-22-19-16-15-17-20-23-26-29-32-35-41(47)7-2/h16-17,19-20,25-26,28-29,33,36,41-43,47-48H,6-15,18,21-24,27,30-32,34-35,37-40H2,1-5H3,(H-,45,49,50,51)/p+1/b19-16-,20-17-,28-25-,29-26-,36-33+/t41-,42+,43-/m1/s1. The van der Waals surface area contributed by atoms with Gasteiger partial charge in [-0.05, 0) is 64.2 Å². The molecule has 0 aliphatic heterocycles. The summed E-state index contributed by atoms with van der Waals surface area (Å²) in [5.74, 6) is -0.246. The Morgan fingerprint density at radius 3 is 1.72 bits per heavy atom. The van der Waals surface area contributed by atoms with Crippen LogP contribution in [0.4, 0.5) is 0 Å². The van der Waals surface area contributed by atoms with Gasteiger partial charge in [0.05, 0.1) is 46.0 Å². The molecule has 0 rings (SSSR count). The van der Waals surface area contributed by atoms with Crippen LogP contribution in [0.1, 0.15) is 155 Å². The minimum Gasteiger partial charge on any atom is -0.393 e. The van der Waals surface area contributed by atoms with E-state index in [0.717, 1.165) is 64.2 Å². The van der Waals surface area contributed by atoms with Gasteiger partial charge in [0, 0.05) is 6.42 Å². The molecule has 0 aliphatic rings. The highest BCUT2D eigenvalue weighted by molar-refractivity contribution is 7.47. The fourth-order valence-electron chi connectivity index (χ4n) is 5.54. The monoisotopic (exact) mass is 782 g/mol. The molecule has 9 nitrogen and oxygen atoms in total. The lowest BCUT2D eigenvalue weighted by atomic mass is 10.0. The number of hydrogen-bond donors (Lipinski definition) is 4. The van der Waals surface area contributed by atoms with Crippen molar-refractivity contribution in [1.29, 1.82) is 0 Å². The minimum absolute atomic E-state index is 0.0425. The molecular weight excluding hydrogens is 699 g/mol. The Morgan fingerprint density at radius 2 is 1.19 bits per heavy atom. The van der Waals surface area contributed by atoms with Gasteiger partial charge in [-0.25, -0.2) is 4.57 Å². The second-order valence-corrected chi connectivity index (χ2v) is 17.0. The second kappa shape index (κ2) is 35.6. The van der Waals surface area contributed by atoms with E-state index < -0.39 is 20.0 Å². The number of phosphoric ester groups is 1. The van der Waals surface area contributed by atoms with Crippen molar-refractivity contribution in [2.24, 2.45) is 0 Å². The maximum atomic E-state index is 12.8. The average molecular weight is 782 g/mol. The molecule has 0 aliphatic carbocycles. The van der Waals surface area contributed by atoms with E-state index in [4.69, 9.17) is 9.05 Å². The van der Waals surface area contributed by atoms with Crippen LogP contribution in [-0.2, 0) is 18.4 Å². The zero-order chi connectivity index (χ0) is 40.2. The molecule has 314 valence electrons. The fraction of sp³-hybridized carbons (Fsp3) is 0.750. The normalized spacial score (nSPS) is 15.6. The van der Waals surface area contributed by atoms with E-state index in [1.165, 1.54) is 64.2 Å². The number of nitrogens with one attached hydrogen (secondary N) is 1. The van der Waals surface area contributed by atoms with Gasteiger partial charge in [0.2, 0.25) is 5.91 Å². The van der Waals surface area contributed by atoms with Gasteiger partial charge in [-0.2, -0.15) is 0 Å². The lowest BCUT2D eigenvalue weighted by Gasteiger charge is -2.25. The summed E-state index contributed by atoms with van der Waals surface area (Å²) in [6, 6.07) is -0.885. The maximum Gasteiger partial charge on any atom is 0.472 e. The molecule has 1 amide bonds. The van der Waals surface area contributed by atoms with Crippen LogP contribution in [0.2, 0.25) is 0 Å². The molecule has 0 aromatic carbocycles. The zero-order valence-electron chi connectivity index (χ0n) is 35.1. The van der Waals surface area contributed by atoms with Crippen LogP contribution >= 0.6 is 7.82 Å². The first-order chi connectivity index (χ1) is 25.9. The summed E-state index contributed by atoms with van der Waals surface area (Å²) < 4.78 is 23.5. The third-order valence-electron chi connectivity index (χ3n) is 9.15. The molecule has 54 heavy (non-hydrogen) atoms. The molecule has 0 aromatic heterocycles. The number of unbranched alkanes of at least 4 members (excludes halogenated alkanes) is 13. The van der Waals surface area contributed by atoms with Crippen LogP contribution in [0.15, 0.2) is 60.8 Å². The Labute approximate surface area is 331 Å². The molecular formula is C44H82N2O7P+. The van der Waals surface area contributed by atoms with E-state index in [2.05, 4.69) is 60.8 Å². The molecule has 0 heterocycles. The van der Waals surface area contributed by atoms with E-state index in [1.807, 2.05) is 34.1 Å². The Morgan fingerprint density at radius 1 is 0.685 bits per heavy atom. The van der Waals surface area contributed by atoms with E-state index in [-0.39, 0.29) is 31.6 Å². The first-order valence-corrected chi connectivity index (χ1v) is 22.7. The molecule has 0 radical (unpaired) electrons. The predicted octanol–water partition coefficient (Wildman–Crippen LogP) is 10.4. The van der Waals surface area contributed by atoms with Crippen molar-refractivity contribution in [3.63, 3.8) is 0 Å². The highest BCUT2D eigenvalue weighted by atomic mass is 31.2. The van der Waals surface area contributed by atoms with Gasteiger partial charge >= 0.3 is 7.82 Å². The first-order valence-electron chi connectivity index (χ1n) is 21.2. The number of allylic oxidation sites excluding steroid dienone is 9. The number of aliphatic hydroxyl groups excluding tert-OH is 2. The summed E-state index contributed by atoms with van der Waals surface area (Å²) in [6.07, 6.45) is 42.3. The van der Waals surface area contributed by atoms with Gasteiger partial charge < -0.3 is 24.9 Å². The van der Waals surface area contributed by atoms with Gasteiger partial charge in [-0.15, -0.1) is 0 Å². The number of rotatable bonds is 37. The lowest BCUT2D eigenvalue weighted by Crippen LogP contribution is -2.45. The predicted molar refractivity (Wildman–Crippen MR) is 227 cm³/mol. The van der Waals surface area contributed by atoms with Crippen molar-refractivity contribution < 1.29 is 38.0 Å². The maximum absolute atomic E-state index is 12.8. The molecule has 0 aromatic rings. The van der Waals surface area contributed by atoms with Gasteiger partial charge in [0.1, 0.15) is 13.2 Å². The number of carbonyl (C=O) groups excluding carboxylic acids is 1. The summed E-state index contributed by atoms with van der Waals surface area (Å²) >= 11 is 0. The molecule has 4 atom stereocenters. The molecule has 0 saturated heterocycles. The number of aliphatic hydroxyl groups is 2. The topological polar surface area (TPSA) is 125 Å². The van der Waals surface area contributed by atoms with Crippen LogP contribution in [0.3, 0.4) is 0 Å². The fourth-order valence-corrected chi connectivity index (χ4v) is 6.28. The summed E-state index contributed by atoms with van der Waals surface area (Å²) in [5.41, 5.74) is 0. The van der Waals surface area contributed by atoms with Crippen LogP contribution in [0.5, 0.6) is 0 Å². The van der Waals surface area contributed by atoms with Crippen LogP contribution < -0.4 is 5.32 Å². The van der Waals surface area contributed by atoms with Crippen LogP contribution in [-0.4, -0.2) is 84.6 Å². The lowest BCUT2D eigenvalue weighted by molar-refractivity contribution is -0.870. The number of hydrogen-bond acceptors (Lipinski definition) is 6. The number of carbonyl (C=O) groups is 1. The quantitative estimate of drug-likeness (QED) is 0.0214. The Kier molecular flexibility index (Phi) is 34.4. The molecule has 0 fully saturated rings. The Hall–Kier alpha value is -1.84. The molecule has 4 N–H and O–H groups in total.